The van der Waals surface area contributed by atoms with E-state index in [0.29, 0.717) is 17.0 Å². The fourth-order valence-electron chi connectivity index (χ4n) is 2.11. The van der Waals surface area contributed by atoms with Crippen LogP contribution >= 0.6 is 15.9 Å². The second-order valence-corrected chi connectivity index (χ2v) is 5.91. The Morgan fingerprint density at radius 1 is 1.17 bits per heavy atom. The van der Waals surface area contributed by atoms with Crippen LogP contribution in [0, 0.1) is 0 Å². The van der Waals surface area contributed by atoms with Gasteiger partial charge in [0.05, 0.1) is 12.7 Å². The first kappa shape index (κ1) is 16.3. The van der Waals surface area contributed by atoms with Gasteiger partial charge in [0, 0.05) is 16.1 Å². The van der Waals surface area contributed by atoms with Crippen molar-refractivity contribution < 1.29 is 18.8 Å². The molecule has 0 atom stereocenters. The van der Waals surface area contributed by atoms with Gasteiger partial charge >= 0.3 is 5.97 Å². The SMILES string of the molecule is COc1ccc(-c2cc(COC(=O)c3cccc(Br)c3)no2)cc1. The summed E-state index contributed by atoms with van der Waals surface area (Å²) in [5.74, 6) is 0.956. The Labute approximate surface area is 147 Å². The Morgan fingerprint density at radius 2 is 1.96 bits per heavy atom. The van der Waals surface area contributed by atoms with Crippen molar-refractivity contribution in [3.05, 3.63) is 70.3 Å². The molecule has 0 fully saturated rings. The lowest BCUT2D eigenvalue weighted by molar-refractivity contribution is 0.0464. The van der Waals surface area contributed by atoms with Gasteiger partial charge in [0.25, 0.3) is 0 Å². The molecule has 122 valence electrons. The molecule has 0 saturated heterocycles. The van der Waals surface area contributed by atoms with Crippen LogP contribution in [0.2, 0.25) is 0 Å². The molecule has 1 aromatic heterocycles. The number of carbonyl (C=O) groups excluding carboxylic acids is 1. The number of aromatic nitrogens is 1. The third-order valence-electron chi connectivity index (χ3n) is 3.34. The molecule has 3 aromatic rings. The lowest BCUT2D eigenvalue weighted by atomic mass is 10.1. The number of rotatable bonds is 5. The Balaban J connectivity index is 1.64. The van der Waals surface area contributed by atoms with Crippen molar-refractivity contribution in [1.29, 1.82) is 0 Å². The highest BCUT2D eigenvalue weighted by atomic mass is 79.9. The molecule has 0 aliphatic rings. The summed E-state index contributed by atoms with van der Waals surface area (Å²) >= 11 is 3.32. The van der Waals surface area contributed by atoms with Gasteiger partial charge in [-0.1, -0.05) is 27.2 Å². The number of carbonyl (C=O) groups is 1. The number of nitrogens with zero attached hydrogens (tertiary/aromatic N) is 1. The number of hydrogen-bond donors (Lipinski definition) is 0. The van der Waals surface area contributed by atoms with Crippen LogP contribution in [0.1, 0.15) is 16.1 Å². The summed E-state index contributed by atoms with van der Waals surface area (Å²) in [5.41, 5.74) is 1.89. The van der Waals surface area contributed by atoms with Gasteiger partial charge in [-0.2, -0.15) is 0 Å². The topological polar surface area (TPSA) is 61.6 Å². The van der Waals surface area contributed by atoms with Gasteiger partial charge in [0.2, 0.25) is 0 Å². The molecule has 3 rings (SSSR count). The van der Waals surface area contributed by atoms with Crippen LogP contribution in [0.3, 0.4) is 0 Å². The molecule has 5 nitrogen and oxygen atoms in total. The van der Waals surface area contributed by atoms with Crippen molar-refractivity contribution in [3.63, 3.8) is 0 Å². The molecule has 0 saturated carbocycles. The first-order chi connectivity index (χ1) is 11.7. The number of esters is 1. The normalized spacial score (nSPS) is 10.4. The van der Waals surface area contributed by atoms with E-state index in [1.807, 2.05) is 30.3 Å². The number of ether oxygens (including phenoxy) is 2. The molecule has 0 unspecified atom stereocenters. The van der Waals surface area contributed by atoms with Crippen LogP contribution in [0.5, 0.6) is 5.75 Å². The zero-order valence-electron chi connectivity index (χ0n) is 12.9. The first-order valence-electron chi connectivity index (χ1n) is 7.18. The van der Waals surface area contributed by atoms with Crippen LogP contribution in [-0.2, 0) is 11.3 Å². The average Bonchev–Trinajstić information content (AvgIpc) is 3.09. The summed E-state index contributed by atoms with van der Waals surface area (Å²) in [6.45, 7) is 0.0466. The van der Waals surface area contributed by atoms with Crippen LogP contribution < -0.4 is 4.74 Å². The molecule has 2 aromatic carbocycles. The lowest BCUT2D eigenvalue weighted by Gasteiger charge is -2.02. The summed E-state index contributed by atoms with van der Waals surface area (Å²) in [6.07, 6.45) is 0. The molecule has 0 aliphatic heterocycles. The third-order valence-corrected chi connectivity index (χ3v) is 3.84. The Hall–Kier alpha value is -2.60. The van der Waals surface area contributed by atoms with Crippen molar-refractivity contribution in [1.82, 2.24) is 5.16 Å². The molecule has 0 spiro atoms. The smallest absolute Gasteiger partial charge is 0.338 e. The van der Waals surface area contributed by atoms with Crippen LogP contribution in [0.15, 0.2) is 63.6 Å². The third kappa shape index (κ3) is 3.83. The van der Waals surface area contributed by atoms with E-state index in [2.05, 4.69) is 21.1 Å². The Morgan fingerprint density at radius 3 is 2.67 bits per heavy atom. The largest absolute Gasteiger partial charge is 0.497 e. The first-order valence-corrected chi connectivity index (χ1v) is 7.98. The summed E-state index contributed by atoms with van der Waals surface area (Å²) in [6, 6.07) is 16.2. The summed E-state index contributed by atoms with van der Waals surface area (Å²) in [5, 5.41) is 3.93. The highest BCUT2D eigenvalue weighted by Gasteiger charge is 2.11. The second-order valence-electron chi connectivity index (χ2n) is 5.00. The fourth-order valence-corrected chi connectivity index (χ4v) is 2.51. The zero-order valence-corrected chi connectivity index (χ0v) is 14.4. The van der Waals surface area contributed by atoms with Crippen molar-refractivity contribution in [2.45, 2.75) is 6.61 Å². The van der Waals surface area contributed by atoms with Gasteiger partial charge in [-0.25, -0.2) is 4.79 Å². The summed E-state index contributed by atoms with van der Waals surface area (Å²) in [7, 11) is 1.61. The predicted octanol–water partition coefficient (Wildman–Crippen LogP) is 4.47. The second kappa shape index (κ2) is 7.31. The van der Waals surface area contributed by atoms with Crippen molar-refractivity contribution >= 4 is 21.9 Å². The number of halogens is 1. The molecular formula is C18H14BrNO4. The van der Waals surface area contributed by atoms with Crippen LogP contribution in [-0.4, -0.2) is 18.2 Å². The molecule has 0 bridgehead atoms. The van der Waals surface area contributed by atoms with Crippen LogP contribution in [0.25, 0.3) is 11.3 Å². The van der Waals surface area contributed by atoms with Gasteiger partial charge < -0.3 is 14.0 Å². The van der Waals surface area contributed by atoms with E-state index < -0.39 is 5.97 Å². The maximum absolute atomic E-state index is 12.0. The van der Waals surface area contributed by atoms with E-state index in [4.69, 9.17) is 14.0 Å². The zero-order chi connectivity index (χ0) is 16.9. The highest BCUT2D eigenvalue weighted by Crippen LogP contribution is 2.23. The molecule has 0 amide bonds. The Kier molecular flexibility index (Phi) is 4.96. The minimum Gasteiger partial charge on any atom is -0.497 e. The minimum atomic E-state index is -0.412. The van der Waals surface area contributed by atoms with E-state index in [9.17, 15) is 4.79 Å². The lowest BCUT2D eigenvalue weighted by Crippen LogP contribution is -2.05. The summed E-state index contributed by atoms with van der Waals surface area (Å²) < 4.78 is 16.5. The fraction of sp³-hybridized carbons (Fsp3) is 0.111. The number of hydrogen-bond acceptors (Lipinski definition) is 5. The maximum atomic E-state index is 12.0. The quantitative estimate of drug-likeness (QED) is 0.604. The standard InChI is InChI=1S/C18H14BrNO4/c1-22-16-7-5-12(6-8-16)17-10-15(20-24-17)11-23-18(21)13-3-2-4-14(19)9-13/h2-10H,11H2,1H3. The molecule has 0 radical (unpaired) electrons. The molecule has 6 heteroatoms. The molecular weight excluding hydrogens is 374 g/mol. The molecule has 24 heavy (non-hydrogen) atoms. The monoisotopic (exact) mass is 387 g/mol. The maximum Gasteiger partial charge on any atom is 0.338 e. The molecule has 1 heterocycles. The number of benzene rings is 2. The highest BCUT2D eigenvalue weighted by molar-refractivity contribution is 9.10. The Bertz CT molecular complexity index is 842. The van der Waals surface area contributed by atoms with Crippen molar-refractivity contribution in [3.8, 4) is 17.1 Å². The van der Waals surface area contributed by atoms with E-state index in [0.717, 1.165) is 15.8 Å². The number of methoxy groups -OCH3 is 1. The molecule has 0 N–H and O–H groups in total. The minimum absolute atomic E-state index is 0.0466. The van der Waals surface area contributed by atoms with Gasteiger partial charge in [-0.05, 0) is 42.5 Å². The molecule has 0 aliphatic carbocycles. The van der Waals surface area contributed by atoms with Gasteiger partial charge in [0.1, 0.15) is 18.1 Å². The predicted molar refractivity (Wildman–Crippen MR) is 91.8 cm³/mol. The van der Waals surface area contributed by atoms with Crippen LogP contribution in [0.4, 0.5) is 0 Å². The van der Waals surface area contributed by atoms with E-state index >= 15 is 0 Å². The van der Waals surface area contributed by atoms with E-state index in [1.54, 1.807) is 31.4 Å². The van der Waals surface area contributed by atoms with E-state index in [1.165, 1.54) is 0 Å². The van der Waals surface area contributed by atoms with Crippen molar-refractivity contribution in [2.24, 2.45) is 0 Å². The summed E-state index contributed by atoms with van der Waals surface area (Å²) in [4.78, 5) is 12.0. The average molecular weight is 388 g/mol. The van der Waals surface area contributed by atoms with Crippen molar-refractivity contribution in [2.75, 3.05) is 7.11 Å². The van der Waals surface area contributed by atoms with Gasteiger partial charge in [-0.15, -0.1) is 0 Å². The van der Waals surface area contributed by atoms with Gasteiger partial charge in [0.15, 0.2) is 5.76 Å². The van der Waals surface area contributed by atoms with E-state index in [-0.39, 0.29) is 6.61 Å². The van der Waals surface area contributed by atoms with Gasteiger partial charge in [-0.3, -0.25) is 0 Å².